The SMILES string of the molecule is CCNC(=NCCN1CCOCC1)NCCc1c(Cl)cccc1Cl.I. The fraction of sp³-hybridized carbons (Fsp3) is 0.588. The highest BCUT2D eigenvalue weighted by molar-refractivity contribution is 14.0. The molecule has 1 aliphatic heterocycles. The number of hydrogen-bond acceptors (Lipinski definition) is 3. The minimum absolute atomic E-state index is 0. The predicted molar refractivity (Wildman–Crippen MR) is 117 cm³/mol. The average molecular weight is 501 g/mol. The summed E-state index contributed by atoms with van der Waals surface area (Å²) in [6.07, 6.45) is 0.756. The van der Waals surface area contributed by atoms with Crippen LogP contribution in [0.15, 0.2) is 23.2 Å². The molecule has 1 saturated heterocycles. The molecule has 0 spiro atoms. The molecule has 0 radical (unpaired) electrons. The van der Waals surface area contributed by atoms with E-state index in [9.17, 15) is 0 Å². The van der Waals surface area contributed by atoms with Gasteiger partial charge in [-0.1, -0.05) is 29.3 Å². The highest BCUT2D eigenvalue weighted by atomic mass is 127. The third-order valence-corrected chi connectivity index (χ3v) is 4.57. The Morgan fingerprint density at radius 2 is 1.88 bits per heavy atom. The van der Waals surface area contributed by atoms with Crippen molar-refractivity contribution in [1.82, 2.24) is 15.5 Å². The van der Waals surface area contributed by atoms with Crippen LogP contribution in [0.4, 0.5) is 0 Å². The molecule has 0 atom stereocenters. The van der Waals surface area contributed by atoms with Crippen LogP contribution in [0, 0.1) is 0 Å². The zero-order valence-electron chi connectivity index (χ0n) is 14.6. The van der Waals surface area contributed by atoms with Crippen molar-refractivity contribution >= 4 is 53.1 Å². The fourth-order valence-electron chi connectivity index (χ4n) is 2.55. The van der Waals surface area contributed by atoms with Gasteiger partial charge < -0.3 is 15.4 Å². The van der Waals surface area contributed by atoms with Gasteiger partial charge in [0.1, 0.15) is 0 Å². The summed E-state index contributed by atoms with van der Waals surface area (Å²) < 4.78 is 5.36. The lowest BCUT2D eigenvalue weighted by molar-refractivity contribution is 0.0394. The molecule has 1 aromatic rings. The lowest BCUT2D eigenvalue weighted by atomic mass is 10.1. The van der Waals surface area contributed by atoms with Crippen LogP contribution in [0.3, 0.4) is 0 Å². The second-order valence-corrected chi connectivity index (χ2v) is 6.41. The second-order valence-electron chi connectivity index (χ2n) is 5.59. The van der Waals surface area contributed by atoms with Crippen molar-refractivity contribution in [2.75, 3.05) is 52.5 Å². The maximum atomic E-state index is 6.20. The molecule has 1 heterocycles. The molecule has 0 aromatic heterocycles. The van der Waals surface area contributed by atoms with Crippen molar-refractivity contribution in [2.24, 2.45) is 4.99 Å². The van der Waals surface area contributed by atoms with Gasteiger partial charge in [0.2, 0.25) is 0 Å². The minimum atomic E-state index is 0. The molecule has 0 aliphatic carbocycles. The van der Waals surface area contributed by atoms with E-state index in [4.69, 9.17) is 27.9 Å². The number of hydrogen-bond donors (Lipinski definition) is 2. The van der Waals surface area contributed by atoms with Crippen molar-refractivity contribution in [3.05, 3.63) is 33.8 Å². The van der Waals surface area contributed by atoms with E-state index in [0.29, 0.717) is 10.0 Å². The van der Waals surface area contributed by atoms with Gasteiger partial charge in [-0.05, 0) is 31.0 Å². The van der Waals surface area contributed by atoms with Gasteiger partial charge in [0.15, 0.2) is 5.96 Å². The van der Waals surface area contributed by atoms with E-state index in [1.807, 2.05) is 18.2 Å². The van der Waals surface area contributed by atoms with Gasteiger partial charge in [0.25, 0.3) is 0 Å². The summed E-state index contributed by atoms with van der Waals surface area (Å²) in [7, 11) is 0. The van der Waals surface area contributed by atoms with E-state index >= 15 is 0 Å². The van der Waals surface area contributed by atoms with Crippen LogP contribution in [0.2, 0.25) is 10.0 Å². The number of nitrogens with zero attached hydrogens (tertiary/aromatic N) is 2. The first-order valence-electron chi connectivity index (χ1n) is 8.46. The van der Waals surface area contributed by atoms with Crippen LogP contribution in [0.1, 0.15) is 12.5 Å². The van der Waals surface area contributed by atoms with Crippen molar-refractivity contribution in [3.63, 3.8) is 0 Å². The van der Waals surface area contributed by atoms with Gasteiger partial charge in [-0.15, -0.1) is 24.0 Å². The Balaban J connectivity index is 0.00000312. The lowest BCUT2D eigenvalue weighted by Gasteiger charge is -2.25. The number of guanidine groups is 1. The van der Waals surface area contributed by atoms with Crippen molar-refractivity contribution in [3.8, 4) is 0 Å². The first-order valence-corrected chi connectivity index (χ1v) is 9.21. The highest BCUT2D eigenvalue weighted by Gasteiger charge is 2.09. The highest BCUT2D eigenvalue weighted by Crippen LogP contribution is 2.24. The Kier molecular flexibility index (Phi) is 11.8. The number of morpholine rings is 1. The third kappa shape index (κ3) is 8.30. The summed E-state index contributed by atoms with van der Waals surface area (Å²) in [5.74, 6) is 0.828. The van der Waals surface area contributed by atoms with E-state index < -0.39 is 0 Å². The molecule has 1 aromatic carbocycles. The standard InChI is InChI=1S/C17H26Cl2N4O.HI/c1-2-20-17(22-8-9-23-10-12-24-13-11-23)21-7-6-14-15(18)4-3-5-16(14)19;/h3-5H,2,6-13H2,1H3,(H2,20,21,22);1H. The zero-order chi connectivity index (χ0) is 17.2. The van der Waals surface area contributed by atoms with Gasteiger partial charge in [-0.3, -0.25) is 9.89 Å². The van der Waals surface area contributed by atoms with Gasteiger partial charge >= 0.3 is 0 Å². The maximum absolute atomic E-state index is 6.20. The van der Waals surface area contributed by atoms with Crippen molar-refractivity contribution < 1.29 is 4.74 Å². The van der Waals surface area contributed by atoms with Crippen LogP contribution >= 0.6 is 47.2 Å². The first kappa shape index (κ1) is 22.8. The average Bonchev–Trinajstić information content (AvgIpc) is 2.58. The van der Waals surface area contributed by atoms with Crippen LogP contribution in [-0.4, -0.2) is 63.3 Å². The van der Waals surface area contributed by atoms with Gasteiger partial charge in [0.05, 0.1) is 19.8 Å². The number of nitrogens with one attached hydrogen (secondary N) is 2. The Bertz CT molecular complexity index is 519. The summed E-state index contributed by atoms with van der Waals surface area (Å²) in [4.78, 5) is 7.00. The molecule has 1 aliphatic rings. The smallest absolute Gasteiger partial charge is 0.191 e. The topological polar surface area (TPSA) is 48.9 Å². The Morgan fingerprint density at radius 3 is 2.52 bits per heavy atom. The molecule has 1 fully saturated rings. The number of rotatable bonds is 7. The largest absolute Gasteiger partial charge is 0.379 e. The molecule has 2 N–H and O–H groups in total. The molecule has 0 saturated carbocycles. The quantitative estimate of drug-likeness (QED) is 0.343. The molecular formula is C17H27Cl2IN4O. The Morgan fingerprint density at radius 1 is 1.20 bits per heavy atom. The normalized spacial score (nSPS) is 15.6. The van der Waals surface area contributed by atoms with E-state index in [1.165, 1.54) is 0 Å². The summed E-state index contributed by atoms with van der Waals surface area (Å²) >= 11 is 12.4. The van der Waals surface area contributed by atoms with Crippen LogP contribution in [0.25, 0.3) is 0 Å². The van der Waals surface area contributed by atoms with E-state index in [0.717, 1.165) is 70.4 Å². The molecule has 0 bridgehead atoms. The van der Waals surface area contributed by atoms with Gasteiger partial charge in [0, 0.05) is 42.8 Å². The molecule has 0 unspecified atom stereocenters. The predicted octanol–water partition coefficient (Wildman–Crippen LogP) is 3.04. The third-order valence-electron chi connectivity index (χ3n) is 3.86. The summed E-state index contributed by atoms with van der Waals surface area (Å²) in [6.45, 7) is 8.96. The molecule has 2 rings (SSSR count). The zero-order valence-corrected chi connectivity index (χ0v) is 18.4. The summed E-state index contributed by atoms with van der Waals surface area (Å²) in [5, 5.41) is 8.02. The molecule has 142 valence electrons. The van der Waals surface area contributed by atoms with Crippen LogP contribution < -0.4 is 10.6 Å². The second kappa shape index (κ2) is 13.0. The molecule has 25 heavy (non-hydrogen) atoms. The van der Waals surface area contributed by atoms with Gasteiger partial charge in [-0.25, -0.2) is 0 Å². The monoisotopic (exact) mass is 500 g/mol. The number of benzene rings is 1. The first-order chi connectivity index (χ1) is 11.7. The number of ether oxygens (including phenoxy) is 1. The van der Waals surface area contributed by atoms with Crippen molar-refractivity contribution in [1.29, 1.82) is 0 Å². The molecule has 0 amide bonds. The Labute approximate surface area is 177 Å². The summed E-state index contributed by atoms with van der Waals surface area (Å²) in [5.41, 5.74) is 0.970. The minimum Gasteiger partial charge on any atom is -0.379 e. The van der Waals surface area contributed by atoms with E-state index in [1.54, 1.807) is 0 Å². The molecule has 8 heteroatoms. The lowest BCUT2D eigenvalue weighted by Crippen LogP contribution is -2.40. The maximum Gasteiger partial charge on any atom is 0.191 e. The number of halogens is 3. The fourth-order valence-corrected chi connectivity index (χ4v) is 3.13. The molecular weight excluding hydrogens is 474 g/mol. The van der Waals surface area contributed by atoms with Crippen LogP contribution in [-0.2, 0) is 11.2 Å². The number of aliphatic imine (C=N–C) groups is 1. The van der Waals surface area contributed by atoms with E-state index in [-0.39, 0.29) is 24.0 Å². The molecule has 5 nitrogen and oxygen atoms in total. The summed E-state index contributed by atoms with van der Waals surface area (Å²) in [6, 6.07) is 5.59. The Hall–Kier alpha value is -0.280. The van der Waals surface area contributed by atoms with Crippen LogP contribution in [0.5, 0.6) is 0 Å². The van der Waals surface area contributed by atoms with E-state index in [2.05, 4.69) is 27.4 Å². The van der Waals surface area contributed by atoms with Gasteiger partial charge in [-0.2, -0.15) is 0 Å². The van der Waals surface area contributed by atoms with Crippen molar-refractivity contribution in [2.45, 2.75) is 13.3 Å².